The van der Waals surface area contributed by atoms with E-state index < -0.39 is 5.82 Å². The normalized spacial score (nSPS) is 11.5. The van der Waals surface area contributed by atoms with E-state index in [1.165, 1.54) is 19.2 Å². The van der Waals surface area contributed by atoms with Crippen molar-refractivity contribution in [2.75, 3.05) is 20.3 Å². The molecule has 1 rings (SSSR count). The second-order valence-corrected chi connectivity index (χ2v) is 3.97. The second-order valence-electron chi connectivity index (χ2n) is 3.97. The molecule has 0 spiro atoms. The summed E-state index contributed by atoms with van der Waals surface area (Å²) in [6, 6.07) is 5.46. The van der Waals surface area contributed by atoms with Gasteiger partial charge in [-0.1, -0.05) is 0 Å². The molecule has 1 unspecified atom stereocenters. The van der Waals surface area contributed by atoms with Crippen molar-refractivity contribution in [3.8, 4) is 11.8 Å². The van der Waals surface area contributed by atoms with Crippen LogP contribution in [0.25, 0.3) is 0 Å². The smallest absolute Gasteiger partial charge is 0.258 e. The fourth-order valence-electron chi connectivity index (χ4n) is 1.44. The van der Waals surface area contributed by atoms with Crippen molar-refractivity contribution in [2.45, 2.75) is 13.0 Å². The molecule has 1 aromatic rings. The Morgan fingerprint density at radius 3 is 2.89 bits per heavy atom. The standard InChI is InChI=1S/C13H15FN2O3/c1-9(7-18-2)16-13(17)8-19-12-4-3-10(6-15)5-11(12)14/h3-5,9H,7-8H2,1-2H3,(H,16,17). The first-order chi connectivity index (χ1) is 9.06. The summed E-state index contributed by atoms with van der Waals surface area (Å²) in [6.45, 7) is 1.87. The van der Waals surface area contributed by atoms with E-state index in [9.17, 15) is 9.18 Å². The van der Waals surface area contributed by atoms with E-state index in [0.29, 0.717) is 6.61 Å². The molecule has 6 heteroatoms. The van der Waals surface area contributed by atoms with E-state index in [1.807, 2.05) is 6.07 Å². The van der Waals surface area contributed by atoms with Crippen LogP contribution in [0.5, 0.6) is 5.75 Å². The van der Waals surface area contributed by atoms with E-state index in [2.05, 4.69) is 5.32 Å². The Hall–Kier alpha value is -2.13. The average Bonchev–Trinajstić information content (AvgIpc) is 2.37. The van der Waals surface area contributed by atoms with Gasteiger partial charge in [-0.3, -0.25) is 4.79 Å². The van der Waals surface area contributed by atoms with Crippen molar-refractivity contribution >= 4 is 5.91 Å². The minimum absolute atomic E-state index is 0.0615. The molecule has 5 nitrogen and oxygen atoms in total. The second kappa shape index (κ2) is 7.34. The molecule has 0 radical (unpaired) electrons. The summed E-state index contributed by atoms with van der Waals surface area (Å²) in [5.41, 5.74) is 0.197. The highest BCUT2D eigenvalue weighted by Gasteiger charge is 2.10. The van der Waals surface area contributed by atoms with Gasteiger partial charge in [0, 0.05) is 13.2 Å². The maximum atomic E-state index is 13.4. The minimum atomic E-state index is -0.670. The van der Waals surface area contributed by atoms with Gasteiger partial charge < -0.3 is 14.8 Å². The summed E-state index contributed by atoms with van der Waals surface area (Å²) in [4.78, 5) is 11.5. The first-order valence-electron chi connectivity index (χ1n) is 5.67. The van der Waals surface area contributed by atoms with Crippen LogP contribution in [-0.4, -0.2) is 32.3 Å². The van der Waals surface area contributed by atoms with Gasteiger partial charge in [0.2, 0.25) is 0 Å². The van der Waals surface area contributed by atoms with Gasteiger partial charge in [-0.25, -0.2) is 4.39 Å². The fraction of sp³-hybridized carbons (Fsp3) is 0.385. The van der Waals surface area contributed by atoms with Crippen molar-refractivity contribution in [3.63, 3.8) is 0 Å². The molecule has 0 saturated carbocycles. The Labute approximate surface area is 110 Å². The molecule has 0 heterocycles. The van der Waals surface area contributed by atoms with Crippen LogP contribution in [0.1, 0.15) is 12.5 Å². The number of halogens is 1. The third kappa shape index (κ3) is 4.94. The summed E-state index contributed by atoms with van der Waals surface area (Å²) in [5, 5.41) is 11.2. The van der Waals surface area contributed by atoms with Gasteiger partial charge in [0.05, 0.1) is 18.2 Å². The SMILES string of the molecule is COCC(C)NC(=O)COc1ccc(C#N)cc1F. The number of hydrogen-bond acceptors (Lipinski definition) is 4. The lowest BCUT2D eigenvalue weighted by atomic mass is 10.2. The number of ether oxygens (including phenoxy) is 2. The molecule has 1 aromatic carbocycles. The van der Waals surface area contributed by atoms with Gasteiger partial charge in [0.15, 0.2) is 18.2 Å². The predicted molar refractivity (Wildman–Crippen MR) is 66.1 cm³/mol. The van der Waals surface area contributed by atoms with Crippen molar-refractivity contribution in [2.24, 2.45) is 0 Å². The maximum absolute atomic E-state index is 13.4. The fourth-order valence-corrected chi connectivity index (χ4v) is 1.44. The van der Waals surface area contributed by atoms with E-state index >= 15 is 0 Å². The first-order valence-corrected chi connectivity index (χ1v) is 5.67. The number of carbonyl (C=O) groups is 1. The largest absolute Gasteiger partial charge is 0.481 e. The molecule has 0 bridgehead atoms. The van der Waals surface area contributed by atoms with Gasteiger partial charge in [-0.05, 0) is 25.1 Å². The van der Waals surface area contributed by atoms with Crippen LogP contribution in [0, 0.1) is 17.1 Å². The Balaban J connectivity index is 2.49. The Bertz CT molecular complexity index is 485. The highest BCUT2D eigenvalue weighted by atomic mass is 19.1. The molecule has 0 aromatic heterocycles. The molecule has 0 aliphatic heterocycles. The van der Waals surface area contributed by atoms with E-state index in [-0.39, 0.29) is 29.9 Å². The Morgan fingerprint density at radius 2 is 2.32 bits per heavy atom. The molecular weight excluding hydrogens is 251 g/mol. The lowest BCUT2D eigenvalue weighted by molar-refractivity contribution is -0.124. The summed E-state index contributed by atoms with van der Waals surface area (Å²) in [6.07, 6.45) is 0. The van der Waals surface area contributed by atoms with Crippen LogP contribution in [0.15, 0.2) is 18.2 Å². The highest BCUT2D eigenvalue weighted by molar-refractivity contribution is 5.77. The number of amides is 1. The van der Waals surface area contributed by atoms with Crippen LogP contribution in [0.2, 0.25) is 0 Å². The monoisotopic (exact) mass is 266 g/mol. The summed E-state index contributed by atoms with van der Waals surface area (Å²) in [5.74, 6) is -1.10. The first kappa shape index (κ1) is 14.9. The highest BCUT2D eigenvalue weighted by Crippen LogP contribution is 2.17. The number of nitrogens with one attached hydrogen (secondary N) is 1. The number of carbonyl (C=O) groups excluding carboxylic acids is 1. The van der Waals surface area contributed by atoms with Gasteiger partial charge in [0.1, 0.15) is 0 Å². The molecule has 0 aliphatic carbocycles. The molecule has 0 saturated heterocycles. The zero-order chi connectivity index (χ0) is 14.3. The zero-order valence-corrected chi connectivity index (χ0v) is 10.8. The number of hydrogen-bond donors (Lipinski definition) is 1. The van der Waals surface area contributed by atoms with Crippen molar-refractivity contribution in [3.05, 3.63) is 29.6 Å². The van der Waals surface area contributed by atoms with Gasteiger partial charge in [-0.2, -0.15) is 5.26 Å². The molecule has 102 valence electrons. The number of benzene rings is 1. The number of methoxy groups -OCH3 is 1. The maximum Gasteiger partial charge on any atom is 0.258 e. The molecular formula is C13H15FN2O3. The summed E-state index contributed by atoms with van der Waals surface area (Å²) in [7, 11) is 1.53. The average molecular weight is 266 g/mol. The van der Waals surface area contributed by atoms with Crippen molar-refractivity contribution < 1.29 is 18.7 Å². The van der Waals surface area contributed by atoms with Crippen molar-refractivity contribution in [1.29, 1.82) is 5.26 Å². The number of rotatable bonds is 6. The molecule has 19 heavy (non-hydrogen) atoms. The van der Waals surface area contributed by atoms with Gasteiger partial charge in [-0.15, -0.1) is 0 Å². The summed E-state index contributed by atoms with van der Waals surface area (Å²) >= 11 is 0. The van der Waals surface area contributed by atoms with Crippen molar-refractivity contribution in [1.82, 2.24) is 5.32 Å². The van der Waals surface area contributed by atoms with Crippen LogP contribution >= 0.6 is 0 Å². The third-order valence-corrected chi connectivity index (χ3v) is 2.24. The molecule has 0 fully saturated rings. The third-order valence-electron chi connectivity index (χ3n) is 2.24. The van der Waals surface area contributed by atoms with Crippen LogP contribution < -0.4 is 10.1 Å². The number of nitrogens with zero attached hydrogens (tertiary/aromatic N) is 1. The molecule has 1 amide bonds. The Kier molecular flexibility index (Phi) is 5.76. The van der Waals surface area contributed by atoms with Crippen LogP contribution in [0.4, 0.5) is 4.39 Å². The van der Waals surface area contributed by atoms with Crippen LogP contribution in [0.3, 0.4) is 0 Å². The topological polar surface area (TPSA) is 71.3 Å². The lowest BCUT2D eigenvalue weighted by Gasteiger charge is -2.13. The minimum Gasteiger partial charge on any atom is -0.481 e. The predicted octanol–water partition coefficient (Wildman–Crippen LogP) is 1.23. The number of nitriles is 1. The summed E-state index contributed by atoms with van der Waals surface area (Å²) < 4.78 is 23.3. The lowest BCUT2D eigenvalue weighted by Crippen LogP contribution is -2.38. The molecule has 1 atom stereocenters. The van der Waals surface area contributed by atoms with E-state index in [1.54, 1.807) is 6.92 Å². The molecule has 0 aliphatic rings. The molecule has 1 N–H and O–H groups in total. The van der Waals surface area contributed by atoms with E-state index in [4.69, 9.17) is 14.7 Å². The van der Waals surface area contributed by atoms with Crippen LogP contribution in [-0.2, 0) is 9.53 Å². The van der Waals surface area contributed by atoms with Gasteiger partial charge >= 0.3 is 0 Å². The van der Waals surface area contributed by atoms with E-state index in [0.717, 1.165) is 6.07 Å². The van der Waals surface area contributed by atoms with Gasteiger partial charge in [0.25, 0.3) is 5.91 Å². The zero-order valence-electron chi connectivity index (χ0n) is 10.8. The quantitative estimate of drug-likeness (QED) is 0.840. The Morgan fingerprint density at radius 1 is 1.58 bits per heavy atom.